The van der Waals surface area contributed by atoms with Crippen LogP contribution in [0.3, 0.4) is 0 Å². The highest BCUT2D eigenvalue weighted by Gasteiger charge is 2.49. The van der Waals surface area contributed by atoms with E-state index in [0.717, 1.165) is 57.7 Å². The molecule has 2 nitrogen and oxygen atoms in total. The molecule has 17 rings (SSSR count). The molecule has 0 spiro atoms. The van der Waals surface area contributed by atoms with E-state index in [1.165, 1.54) is 116 Å². The smallest absolute Gasteiger partial charge is 0.0714 e. The quantitative estimate of drug-likeness (QED) is 0.114. The van der Waals surface area contributed by atoms with Gasteiger partial charge in [-0.2, -0.15) is 0 Å². The zero-order chi connectivity index (χ0) is 57.1. The van der Waals surface area contributed by atoms with E-state index in [0.29, 0.717) is 5.92 Å². The summed E-state index contributed by atoms with van der Waals surface area (Å²) in [4.78, 5) is 4.86. The van der Waals surface area contributed by atoms with E-state index in [1.807, 2.05) is 0 Å². The molecule has 0 aliphatic heterocycles. The largest absolute Gasteiger partial charge is 0.311 e. The molecular weight excluding hydrogens is 1040 g/mol. The number of hydrogen-bond donors (Lipinski definition) is 0. The maximum Gasteiger partial charge on any atom is 0.0714 e. The summed E-state index contributed by atoms with van der Waals surface area (Å²) in [6.45, 7) is 2.26. The van der Waals surface area contributed by atoms with Crippen LogP contribution >= 0.6 is 0 Å². The SMILES string of the molecule is Cc1cccc2c1-c1ccc(N(c3ccccc3)c3ccc(-c4cc(-c5ccccc5)c(-c5ccc(N(c6ccccc6)c6ccc(C7C8CC9CC(C8)CC7C9)cc6)cc5)cc4-c4ccccc4)cc3)cc1C2(c1ccccc1)c1ccccc1. The Morgan fingerprint density at radius 1 is 0.291 bits per heavy atom. The number of anilines is 6. The van der Waals surface area contributed by atoms with Gasteiger partial charge in [0.15, 0.2) is 0 Å². The Morgan fingerprint density at radius 2 is 0.663 bits per heavy atom. The van der Waals surface area contributed by atoms with Gasteiger partial charge in [-0.25, -0.2) is 0 Å². The van der Waals surface area contributed by atoms with Gasteiger partial charge in [0.1, 0.15) is 0 Å². The average Bonchev–Trinajstić information content (AvgIpc) is 1.58. The first-order valence-corrected chi connectivity index (χ1v) is 31.2. The van der Waals surface area contributed by atoms with E-state index >= 15 is 0 Å². The summed E-state index contributed by atoms with van der Waals surface area (Å²) in [7, 11) is 0. The van der Waals surface area contributed by atoms with Crippen molar-refractivity contribution in [3.63, 3.8) is 0 Å². The van der Waals surface area contributed by atoms with Crippen molar-refractivity contribution in [2.24, 2.45) is 23.7 Å². The van der Waals surface area contributed by atoms with E-state index < -0.39 is 5.41 Å². The van der Waals surface area contributed by atoms with Crippen LogP contribution in [0.1, 0.15) is 71.4 Å². The average molecular weight is 1110 g/mol. The summed E-state index contributed by atoms with van der Waals surface area (Å²) in [5.74, 6) is 4.38. The molecule has 0 N–H and O–H groups in total. The maximum atomic E-state index is 2.47. The molecule has 0 atom stereocenters. The summed E-state index contributed by atoms with van der Waals surface area (Å²) in [5.41, 5.74) is 26.2. The van der Waals surface area contributed by atoms with Gasteiger partial charge in [-0.15, -0.1) is 0 Å². The molecule has 0 aromatic heterocycles. The Morgan fingerprint density at radius 3 is 1.12 bits per heavy atom. The van der Waals surface area contributed by atoms with Gasteiger partial charge in [-0.1, -0.05) is 218 Å². The predicted octanol–water partition coefficient (Wildman–Crippen LogP) is 22.5. The van der Waals surface area contributed by atoms with Crippen LogP contribution in [0, 0.1) is 30.6 Å². The molecule has 12 aromatic rings. The lowest BCUT2D eigenvalue weighted by Gasteiger charge is -2.54. The molecule has 4 saturated carbocycles. The lowest BCUT2D eigenvalue weighted by atomic mass is 9.51. The van der Waals surface area contributed by atoms with Crippen LogP contribution in [0.2, 0.25) is 0 Å². The molecule has 0 amide bonds. The van der Waals surface area contributed by atoms with Crippen molar-refractivity contribution < 1.29 is 0 Å². The third-order valence-electron chi connectivity index (χ3n) is 20.0. The number of nitrogens with zero attached hydrogens (tertiary/aromatic N) is 2. The van der Waals surface area contributed by atoms with Gasteiger partial charge < -0.3 is 9.80 Å². The maximum absolute atomic E-state index is 2.47. The molecule has 0 saturated heterocycles. The molecule has 5 aliphatic rings. The minimum absolute atomic E-state index is 0.525. The number of benzene rings is 12. The second-order valence-corrected chi connectivity index (χ2v) is 24.9. The fourth-order valence-corrected chi connectivity index (χ4v) is 16.6. The van der Waals surface area contributed by atoms with Crippen LogP contribution in [-0.4, -0.2) is 0 Å². The third-order valence-corrected chi connectivity index (χ3v) is 20.0. The predicted molar refractivity (Wildman–Crippen MR) is 359 cm³/mol. The van der Waals surface area contributed by atoms with Crippen molar-refractivity contribution >= 4 is 34.1 Å². The fourth-order valence-electron chi connectivity index (χ4n) is 16.6. The molecule has 2 heteroatoms. The summed E-state index contributed by atoms with van der Waals surface area (Å²) in [6, 6.07) is 113. The highest BCUT2D eigenvalue weighted by Crippen LogP contribution is 2.61. The molecule has 0 heterocycles. The van der Waals surface area contributed by atoms with E-state index in [9.17, 15) is 0 Å². The Labute approximate surface area is 507 Å². The highest BCUT2D eigenvalue weighted by molar-refractivity contribution is 5.97. The van der Waals surface area contributed by atoms with E-state index in [2.05, 4.69) is 320 Å². The van der Waals surface area contributed by atoms with E-state index in [4.69, 9.17) is 0 Å². The number of aryl methyl sites for hydroxylation is 1. The van der Waals surface area contributed by atoms with Crippen molar-refractivity contribution in [1.29, 1.82) is 0 Å². The minimum Gasteiger partial charge on any atom is -0.311 e. The van der Waals surface area contributed by atoms with Gasteiger partial charge in [-0.05, 0) is 243 Å². The first kappa shape index (κ1) is 51.8. The Balaban J connectivity index is 0.791. The van der Waals surface area contributed by atoms with Crippen molar-refractivity contribution in [3.8, 4) is 55.6 Å². The summed E-state index contributed by atoms with van der Waals surface area (Å²) < 4.78 is 0. The minimum atomic E-state index is -0.525. The molecule has 5 aliphatic carbocycles. The van der Waals surface area contributed by atoms with Gasteiger partial charge in [-0.3, -0.25) is 0 Å². The molecule has 414 valence electrons. The number of fused-ring (bicyclic) bond motifs is 3. The second kappa shape index (κ2) is 21.7. The lowest BCUT2D eigenvalue weighted by Crippen LogP contribution is -2.43. The molecular formula is C84H68N2. The van der Waals surface area contributed by atoms with Gasteiger partial charge in [0.25, 0.3) is 0 Å². The number of hydrogen-bond acceptors (Lipinski definition) is 2. The van der Waals surface area contributed by atoms with Crippen LogP contribution in [0.5, 0.6) is 0 Å². The molecule has 86 heavy (non-hydrogen) atoms. The standard InChI is InChI=1S/C84H68N2/c1-57-21-20-34-80-82(57)75-48-47-74(54-81(75)84(80,67-26-12-4-13-27-67)68-28-14-5-15-29-68)86(70-32-18-7-19-33-70)73-43-37-63(38-44-73)79-56-76(60-22-8-2-9-23-60)78(55-77(79)61-24-10-3-11-25-61)62-35-41-71(42-36-62)85(69-30-16-6-17-31-69)72-45-39-64(40-46-72)83-65-50-58-49-59(52-65)53-66(83)51-58/h2-48,54-56,58-59,65-66,83H,49-53H2,1H3. The number of rotatable bonds is 13. The van der Waals surface area contributed by atoms with Gasteiger partial charge in [0, 0.05) is 34.1 Å². The van der Waals surface area contributed by atoms with Gasteiger partial charge >= 0.3 is 0 Å². The van der Waals surface area contributed by atoms with Crippen LogP contribution in [0.4, 0.5) is 34.1 Å². The fraction of sp³-hybridized carbons (Fsp3) is 0.143. The molecule has 4 fully saturated rings. The molecule has 4 bridgehead atoms. The summed E-state index contributed by atoms with van der Waals surface area (Å²) >= 11 is 0. The molecule has 12 aromatic carbocycles. The highest BCUT2D eigenvalue weighted by atomic mass is 15.1. The van der Waals surface area contributed by atoms with Crippen molar-refractivity contribution in [1.82, 2.24) is 0 Å². The molecule has 0 radical (unpaired) electrons. The monoisotopic (exact) mass is 1100 g/mol. The van der Waals surface area contributed by atoms with Crippen LogP contribution in [0.25, 0.3) is 55.6 Å². The van der Waals surface area contributed by atoms with Crippen molar-refractivity contribution in [2.75, 3.05) is 9.80 Å². The topological polar surface area (TPSA) is 6.48 Å². The Hall–Kier alpha value is -9.76. The third kappa shape index (κ3) is 8.92. The van der Waals surface area contributed by atoms with Crippen LogP contribution in [0.15, 0.2) is 303 Å². The zero-order valence-corrected chi connectivity index (χ0v) is 48.7. The van der Waals surface area contributed by atoms with Crippen LogP contribution in [-0.2, 0) is 5.41 Å². The van der Waals surface area contributed by atoms with Crippen molar-refractivity contribution in [2.45, 2.75) is 50.4 Å². The number of para-hydroxylation sites is 2. The Kier molecular flexibility index (Phi) is 13.1. The van der Waals surface area contributed by atoms with E-state index in [-0.39, 0.29) is 0 Å². The zero-order valence-electron chi connectivity index (χ0n) is 48.7. The van der Waals surface area contributed by atoms with E-state index in [1.54, 1.807) is 5.56 Å². The summed E-state index contributed by atoms with van der Waals surface area (Å²) in [5, 5.41) is 0. The lowest BCUT2D eigenvalue weighted by molar-refractivity contribution is -0.00277. The van der Waals surface area contributed by atoms with Gasteiger partial charge in [0.05, 0.1) is 5.41 Å². The second-order valence-electron chi connectivity index (χ2n) is 24.9. The first-order chi connectivity index (χ1) is 42.5. The van der Waals surface area contributed by atoms with Crippen LogP contribution < -0.4 is 9.80 Å². The summed E-state index contributed by atoms with van der Waals surface area (Å²) in [6.07, 6.45) is 7.23. The van der Waals surface area contributed by atoms with Crippen molar-refractivity contribution in [3.05, 3.63) is 337 Å². The normalized spacial score (nSPS) is 18.5. The Bertz CT molecular complexity index is 4300. The molecule has 0 unspecified atom stereocenters. The first-order valence-electron chi connectivity index (χ1n) is 31.2. The van der Waals surface area contributed by atoms with Gasteiger partial charge in [0.2, 0.25) is 0 Å².